The van der Waals surface area contributed by atoms with E-state index in [9.17, 15) is 5.11 Å². The van der Waals surface area contributed by atoms with Crippen molar-refractivity contribution in [3.05, 3.63) is 41.5 Å². The van der Waals surface area contributed by atoms with Crippen molar-refractivity contribution in [2.45, 2.75) is 58.8 Å². The number of H-pyrrole nitrogens is 1. The molecule has 0 aliphatic carbocycles. The summed E-state index contributed by atoms with van der Waals surface area (Å²) in [5, 5.41) is 21.8. The molecule has 0 amide bonds. The maximum atomic E-state index is 10.7. The first-order chi connectivity index (χ1) is 11.9. The van der Waals surface area contributed by atoms with Gasteiger partial charge in [0.1, 0.15) is 16.8 Å². The van der Waals surface area contributed by atoms with Crippen molar-refractivity contribution < 1.29 is 5.11 Å². The summed E-state index contributed by atoms with van der Waals surface area (Å²) in [5.41, 5.74) is 5.57. The number of aryl methyl sites for hydroxylation is 1. The van der Waals surface area contributed by atoms with Crippen molar-refractivity contribution in [2.75, 3.05) is 0 Å². The Balaban J connectivity index is 2.09. The van der Waals surface area contributed by atoms with Gasteiger partial charge in [0.15, 0.2) is 0 Å². The summed E-state index contributed by atoms with van der Waals surface area (Å²) in [5.74, 6) is 0.323. The van der Waals surface area contributed by atoms with Crippen LogP contribution in [0, 0.1) is 6.92 Å². The van der Waals surface area contributed by atoms with Crippen LogP contribution in [0.4, 0.5) is 0 Å². The largest absolute Gasteiger partial charge is 0.507 e. The molecule has 0 bridgehead atoms. The van der Waals surface area contributed by atoms with Gasteiger partial charge in [-0.05, 0) is 42.0 Å². The first-order valence-corrected chi connectivity index (χ1v) is 9.08. The number of fused-ring (bicyclic) bond motifs is 1. The first-order valence-electron chi connectivity index (χ1n) is 9.08. The average Bonchev–Trinajstić information content (AvgIpc) is 3.06. The van der Waals surface area contributed by atoms with Crippen molar-refractivity contribution in [1.82, 2.24) is 15.4 Å². The number of hydrogen-bond acceptors (Lipinski definition) is 3. The molecule has 1 heterocycles. The Morgan fingerprint density at radius 2 is 1.88 bits per heavy atom. The maximum Gasteiger partial charge on any atom is 0.126 e. The fourth-order valence-corrected chi connectivity index (χ4v) is 3.42. The van der Waals surface area contributed by atoms with Gasteiger partial charge in [0.2, 0.25) is 0 Å². The number of phenols is 1. The average molecular weight is 337 g/mol. The Morgan fingerprint density at radius 3 is 2.64 bits per heavy atom. The van der Waals surface area contributed by atoms with Crippen molar-refractivity contribution >= 4 is 11.0 Å². The number of aromatic amines is 1. The highest BCUT2D eigenvalue weighted by Gasteiger charge is 2.23. The van der Waals surface area contributed by atoms with Gasteiger partial charge in [0.25, 0.3) is 0 Å². The molecule has 0 atom stereocenters. The molecule has 3 aromatic rings. The molecule has 132 valence electrons. The predicted molar refractivity (Wildman–Crippen MR) is 103 cm³/mol. The standard InChI is InChI=1S/C21H27N3O/c1-5-6-7-11-21(3,4)15-12-14(2)20(25)17(13-15)16-9-8-10-18-19(16)23-24-22-18/h8-10,12-13,25H,5-7,11H2,1-4H3,(H,22,23,24). The number of aromatic hydroxyl groups is 1. The minimum Gasteiger partial charge on any atom is -0.507 e. The number of unbranched alkanes of at least 4 members (excludes halogenated alkanes) is 2. The van der Waals surface area contributed by atoms with Crippen LogP contribution >= 0.6 is 0 Å². The number of benzene rings is 2. The normalized spacial score (nSPS) is 12.0. The molecule has 4 nitrogen and oxygen atoms in total. The number of nitrogens with zero attached hydrogens (tertiary/aromatic N) is 2. The van der Waals surface area contributed by atoms with E-state index in [-0.39, 0.29) is 5.41 Å². The van der Waals surface area contributed by atoms with E-state index in [2.05, 4.69) is 48.3 Å². The van der Waals surface area contributed by atoms with Crippen LogP contribution < -0.4 is 0 Å². The van der Waals surface area contributed by atoms with Gasteiger partial charge >= 0.3 is 0 Å². The smallest absolute Gasteiger partial charge is 0.126 e. The molecular weight excluding hydrogens is 310 g/mol. The molecule has 0 radical (unpaired) electrons. The van der Waals surface area contributed by atoms with Crippen molar-refractivity contribution in [3.8, 4) is 16.9 Å². The van der Waals surface area contributed by atoms with Gasteiger partial charge < -0.3 is 5.11 Å². The molecule has 2 N–H and O–H groups in total. The highest BCUT2D eigenvalue weighted by Crippen LogP contribution is 2.40. The zero-order valence-electron chi connectivity index (χ0n) is 15.6. The van der Waals surface area contributed by atoms with E-state index in [1.807, 2.05) is 25.1 Å². The van der Waals surface area contributed by atoms with Gasteiger partial charge in [-0.15, -0.1) is 0 Å². The topological polar surface area (TPSA) is 61.8 Å². The molecule has 0 aliphatic rings. The van der Waals surface area contributed by atoms with E-state index in [0.29, 0.717) is 5.75 Å². The Morgan fingerprint density at radius 1 is 1.08 bits per heavy atom. The Hall–Kier alpha value is -2.36. The van der Waals surface area contributed by atoms with E-state index in [1.165, 1.54) is 24.8 Å². The van der Waals surface area contributed by atoms with Gasteiger partial charge in [-0.3, -0.25) is 0 Å². The number of para-hydroxylation sites is 1. The van der Waals surface area contributed by atoms with Gasteiger partial charge in [-0.1, -0.05) is 58.2 Å². The first kappa shape index (κ1) is 17.5. The second-order valence-corrected chi connectivity index (χ2v) is 7.53. The molecule has 25 heavy (non-hydrogen) atoms. The van der Waals surface area contributed by atoms with Gasteiger partial charge in [0.05, 0.1) is 0 Å². The lowest BCUT2D eigenvalue weighted by atomic mass is 9.78. The fourth-order valence-electron chi connectivity index (χ4n) is 3.42. The number of nitrogens with one attached hydrogen (secondary N) is 1. The third kappa shape index (κ3) is 3.39. The summed E-state index contributed by atoms with van der Waals surface area (Å²) >= 11 is 0. The summed E-state index contributed by atoms with van der Waals surface area (Å²) in [6.07, 6.45) is 4.84. The van der Waals surface area contributed by atoms with Crippen LogP contribution in [0.2, 0.25) is 0 Å². The lowest BCUT2D eigenvalue weighted by molar-refractivity contribution is 0.446. The molecular formula is C21H27N3O. The van der Waals surface area contributed by atoms with Crippen LogP contribution in [0.5, 0.6) is 5.75 Å². The third-order valence-electron chi connectivity index (χ3n) is 5.12. The van der Waals surface area contributed by atoms with Crippen LogP contribution in [-0.2, 0) is 5.41 Å². The number of phenolic OH excluding ortho intramolecular Hbond substituents is 1. The summed E-state index contributed by atoms with van der Waals surface area (Å²) in [4.78, 5) is 0. The van der Waals surface area contributed by atoms with E-state index >= 15 is 0 Å². The molecule has 0 fully saturated rings. The second-order valence-electron chi connectivity index (χ2n) is 7.53. The maximum absolute atomic E-state index is 10.7. The van der Waals surface area contributed by atoms with Gasteiger partial charge in [0, 0.05) is 11.1 Å². The quantitative estimate of drug-likeness (QED) is 0.584. The summed E-state index contributed by atoms with van der Waals surface area (Å²) in [6.45, 7) is 8.77. The third-order valence-corrected chi connectivity index (χ3v) is 5.12. The summed E-state index contributed by atoms with van der Waals surface area (Å²) in [6, 6.07) is 10.1. The summed E-state index contributed by atoms with van der Waals surface area (Å²) < 4.78 is 0. The lowest BCUT2D eigenvalue weighted by Crippen LogP contribution is -2.17. The highest BCUT2D eigenvalue weighted by atomic mass is 16.3. The number of hydrogen-bond donors (Lipinski definition) is 2. The molecule has 0 unspecified atom stereocenters. The lowest BCUT2D eigenvalue weighted by Gasteiger charge is -2.27. The fraction of sp³-hybridized carbons (Fsp3) is 0.429. The number of aromatic nitrogens is 3. The second kappa shape index (κ2) is 6.87. The molecule has 0 spiro atoms. The zero-order chi connectivity index (χ0) is 18.0. The Labute approximate surface area is 149 Å². The molecule has 3 rings (SSSR count). The molecule has 0 aliphatic heterocycles. The molecule has 4 heteroatoms. The molecule has 0 saturated carbocycles. The summed E-state index contributed by atoms with van der Waals surface area (Å²) in [7, 11) is 0. The molecule has 0 saturated heterocycles. The van der Waals surface area contributed by atoms with E-state index in [1.54, 1.807) is 0 Å². The van der Waals surface area contributed by atoms with Gasteiger partial charge in [-0.25, -0.2) is 0 Å². The predicted octanol–water partition coefficient (Wildman–Crippen LogP) is 5.50. The minimum atomic E-state index is 0.0695. The zero-order valence-corrected chi connectivity index (χ0v) is 15.6. The minimum absolute atomic E-state index is 0.0695. The van der Waals surface area contributed by atoms with E-state index < -0.39 is 0 Å². The van der Waals surface area contributed by atoms with Crippen LogP contribution in [0.3, 0.4) is 0 Å². The highest BCUT2D eigenvalue weighted by molar-refractivity contribution is 5.93. The monoisotopic (exact) mass is 337 g/mol. The Bertz CT molecular complexity index is 880. The van der Waals surface area contributed by atoms with E-state index in [4.69, 9.17) is 0 Å². The van der Waals surface area contributed by atoms with Crippen molar-refractivity contribution in [3.63, 3.8) is 0 Å². The SMILES string of the molecule is CCCCCC(C)(C)c1cc(C)c(O)c(-c2cccc3n[nH]nc23)c1. The van der Waals surface area contributed by atoms with Crippen LogP contribution in [-0.4, -0.2) is 20.5 Å². The van der Waals surface area contributed by atoms with Crippen LogP contribution in [0.1, 0.15) is 57.6 Å². The van der Waals surface area contributed by atoms with Crippen molar-refractivity contribution in [1.29, 1.82) is 0 Å². The van der Waals surface area contributed by atoms with Crippen LogP contribution in [0.15, 0.2) is 30.3 Å². The van der Waals surface area contributed by atoms with Crippen molar-refractivity contribution in [2.24, 2.45) is 0 Å². The van der Waals surface area contributed by atoms with Crippen LogP contribution in [0.25, 0.3) is 22.2 Å². The molecule has 2 aromatic carbocycles. The Kier molecular flexibility index (Phi) is 4.80. The molecule has 1 aromatic heterocycles. The van der Waals surface area contributed by atoms with E-state index in [0.717, 1.165) is 34.1 Å². The number of rotatable bonds is 6. The van der Waals surface area contributed by atoms with Gasteiger partial charge in [-0.2, -0.15) is 15.4 Å².